The first-order valence-corrected chi connectivity index (χ1v) is 6.68. The van der Waals surface area contributed by atoms with Gasteiger partial charge in [0.15, 0.2) is 0 Å². The average molecular weight is 245 g/mol. The number of nitrogens with two attached hydrogens (primary N) is 1. The molecule has 0 aliphatic carbocycles. The third kappa shape index (κ3) is 3.33. The van der Waals surface area contributed by atoms with Crippen molar-refractivity contribution in [3.8, 4) is 0 Å². The predicted molar refractivity (Wildman–Crippen MR) is 75.8 cm³/mol. The first-order chi connectivity index (χ1) is 8.54. The highest BCUT2D eigenvalue weighted by atomic mass is 15.1. The molecule has 2 rings (SSSR count). The van der Waals surface area contributed by atoms with Crippen molar-refractivity contribution in [3.63, 3.8) is 0 Å². The molecule has 1 heterocycles. The van der Waals surface area contributed by atoms with Crippen molar-refractivity contribution in [1.82, 2.24) is 4.90 Å². The summed E-state index contributed by atoms with van der Waals surface area (Å²) < 4.78 is 0. The number of rotatable bonds is 3. The predicted octanol–water partition coefficient (Wildman–Crippen LogP) is 2.45. The molecule has 0 aromatic heterocycles. The van der Waals surface area contributed by atoms with Gasteiger partial charge in [-0.25, -0.2) is 0 Å². The largest absolute Gasteiger partial charge is 0.387 e. The molecule has 18 heavy (non-hydrogen) atoms. The third-order valence-electron chi connectivity index (χ3n) is 3.63. The van der Waals surface area contributed by atoms with E-state index in [4.69, 9.17) is 11.1 Å². The molecule has 0 amide bonds. The van der Waals surface area contributed by atoms with E-state index < -0.39 is 0 Å². The monoisotopic (exact) mass is 245 g/mol. The van der Waals surface area contributed by atoms with Gasteiger partial charge in [-0.1, -0.05) is 29.3 Å². The molecular weight excluding hydrogens is 222 g/mol. The van der Waals surface area contributed by atoms with Gasteiger partial charge in [0.25, 0.3) is 0 Å². The topological polar surface area (TPSA) is 53.1 Å². The van der Waals surface area contributed by atoms with Gasteiger partial charge in [0.05, 0.1) is 5.84 Å². The molecule has 0 saturated carbocycles. The Morgan fingerprint density at radius 1 is 1.33 bits per heavy atom. The number of hydrogen-bond donors (Lipinski definition) is 2. The minimum atomic E-state index is 0.254. The van der Waals surface area contributed by atoms with Gasteiger partial charge in [-0.2, -0.15) is 0 Å². The average Bonchev–Trinajstić information content (AvgIpc) is 2.27. The van der Waals surface area contributed by atoms with Crippen molar-refractivity contribution in [2.24, 2.45) is 11.7 Å². The van der Waals surface area contributed by atoms with Crippen LogP contribution in [0.15, 0.2) is 18.2 Å². The van der Waals surface area contributed by atoms with Crippen LogP contribution in [0.2, 0.25) is 0 Å². The van der Waals surface area contributed by atoms with Crippen molar-refractivity contribution in [2.45, 2.75) is 33.2 Å². The van der Waals surface area contributed by atoms with Crippen LogP contribution in [-0.4, -0.2) is 23.8 Å². The fourth-order valence-corrected chi connectivity index (χ4v) is 2.87. The molecule has 0 bridgehead atoms. The molecule has 1 unspecified atom stereocenters. The number of nitrogens with zero attached hydrogens (tertiary/aromatic N) is 1. The fourth-order valence-electron chi connectivity index (χ4n) is 2.87. The van der Waals surface area contributed by atoms with Crippen LogP contribution >= 0.6 is 0 Å². The Kier molecular flexibility index (Phi) is 4.02. The van der Waals surface area contributed by atoms with Gasteiger partial charge >= 0.3 is 0 Å². The Labute approximate surface area is 109 Å². The number of aryl methyl sites for hydroxylation is 2. The summed E-state index contributed by atoms with van der Waals surface area (Å²) in [4.78, 5) is 2.42. The minimum absolute atomic E-state index is 0.254. The van der Waals surface area contributed by atoms with Crippen molar-refractivity contribution >= 4 is 5.84 Å². The SMILES string of the molecule is Cc1cc(C)cc(CN2CCCC(C(=N)N)C2)c1. The first kappa shape index (κ1) is 13.1. The number of amidine groups is 1. The standard InChI is InChI=1S/C15H23N3/c1-11-6-12(2)8-13(7-11)9-18-5-3-4-14(10-18)15(16)17/h6-8,14H,3-5,9-10H2,1-2H3,(H3,16,17). The lowest BCUT2D eigenvalue weighted by Gasteiger charge is -2.32. The summed E-state index contributed by atoms with van der Waals surface area (Å²) in [6, 6.07) is 6.72. The molecule has 3 N–H and O–H groups in total. The number of nitrogens with one attached hydrogen (secondary N) is 1. The lowest BCUT2D eigenvalue weighted by molar-refractivity contribution is 0.196. The molecule has 1 aliphatic heterocycles. The maximum atomic E-state index is 7.58. The van der Waals surface area contributed by atoms with E-state index in [2.05, 4.69) is 36.9 Å². The highest BCUT2D eigenvalue weighted by Gasteiger charge is 2.21. The zero-order valence-electron chi connectivity index (χ0n) is 11.4. The minimum Gasteiger partial charge on any atom is -0.387 e. The van der Waals surface area contributed by atoms with Crippen molar-refractivity contribution in [2.75, 3.05) is 13.1 Å². The Bertz CT molecular complexity index is 419. The molecule has 1 saturated heterocycles. The smallest absolute Gasteiger partial charge is 0.0949 e. The van der Waals surface area contributed by atoms with Crippen LogP contribution in [0.1, 0.15) is 29.5 Å². The Morgan fingerprint density at radius 3 is 2.61 bits per heavy atom. The van der Waals surface area contributed by atoms with Crippen molar-refractivity contribution < 1.29 is 0 Å². The van der Waals surface area contributed by atoms with Crippen LogP contribution in [0.5, 0.6) is 0 Å². The van der Waals surface area contributed by atoms with E-state index >= 15 is 0 Å². The second kappa shape index (κ2) is 5.53. The maximum absolute atomic E-state index is 7.58. The van der Waals surface area contributed by atoms with E-state index in [1.54, 1.807) is 0 Å². The van der Waals surface area contributed by atoms with Crippen LogP contribution in [-0.2, 0) is 6.54 Å². The van der Waals surface area contributed by atoms with Crippen LogP contribution in [0.3, 0.4) is 0 Å². The molecule has 1 atom stereocenters. The second-order valence-electron chi connectivity index (χ2n) is 5.53. The van der Waals surface area contributed by atoms with Crippen molar-refractivity contribution in [1.29, 1.82) is 5.41 Å². The molecule has 3 nitrogen and oxygen atoms in total. The fraction of sp³-hybridized carbons (Fsp3) is 0.533. The summed E-state index contributed by atoms with van der Waals surface area (Å²) in [5.41, 5.74) is 9.65. The van der Waals surface area contributed by atoms with Gasteiger partial charge < -0.3 is 5.73 Å². The van der Waals surface area contributed by atoms with E-state index in [1.807, 2.05) is 0 Å². The van der Waals surface area contributed by atoms with Crippen LogP contribution in [0.25, 0.3) is 0 Å². The van der Waals surface area contributed by atoms with E-state index in [0.717, 1.165) is 32.5 Å². The highest BCUT2D eigenvalue weighted by molar-refractivity contribution is 5.79. The summed E-state index contributed by atoms with van der Waals surface area (Å²) in [5, 5.41) is 7.58. The Balaban J connectivity index is 2.02. The molecule has 0 spiro atoms. The van der Waals surface area contributed by atoms with Gasteiger partial charge in [0.2, 0.25) is 0 Å². The van der Waals surface area contributed by atoms with Gasteiger partial charge in [0.1, 0.15) is 0 Å². The van der Waals surface area contributed by atoms with E-state index in [-0.39, 0.29) is 5.92 Å². The molecule has 0 radical (unpaired) electrons. The molecule has 3 heteroatoms. The van der Waals surface area contributed by atoms with Gasteiger partial charge in [-0.05, 0) is 38.8 Å². The number of likely N-dealkylation sites (tertiary alicyclic amines) is 1. The summed E-state index contributed by atoms with van der Waals surface area (Å²) in [5.74, 6) is 0.602. The normalized spacial score (nSPS) is 20.9. The number of piperidine rings is 1. The number of benzene rings is 1. The lowest BCUT2D eigenvalue weighted by Crippen LogP contribution is -2.40. The van der Waals surface area contributed by atoms with Crippen molar-refractivity contribution in [3.05, 3.63) is 34.9 Å². The third-order valence-corrected chi connectivity index (χ3v) is 3.63. The summed E-state index contributed by atoms with van der Waals surface area (Å²) in [6.45, 7) is 7.32. The lowest BCUT2D eigenvalue weighted by atomic mass is 9.96. The Morgan fingerprint density at radius 2 is 2.00 bits per heavy atom. The van der Waals surface area contributed by atoms with Gasteiger partial charge in [0, 0.05) is 19.0 Å². The van der Waals surface area contributed by atoms with Gasteiger partial charge in [-0.15, -0.1) is 0 Å². The molecular formula is C15H23N3. The molecule has 1 aromatic carbocycles. The van der Waals surface area contributed by atoms with E-state index in [9.17, 15) is 0 Å². The number of hydrogen-bond acceptors (Lipinski definition) is 2. The zero-order valence-corrected chi connectivity index (χ0v) is 11.4. The van der Waals surface area contributed by atoms with E-state index in [0.29, 0.717) is 5.84 Å². The Hall–Kier alpha value is -1.35. The summed E-state index contributed by atoms with van der Waals surface area (Å²) in [6.07, 6.45) is 2.22. The van der Waals surface area contributed by atoms with Gasteiger partial charge in [-0.3, -0.25) is 10.3 Å². The summed E-state index contributed by atoms with van der Waals surface area (Å²) >= 11 is 0. The second-order valence-corrected chi connectivity index (χ2v) is 5.53. The molecule has 1 fully saturated rings. The quantitative estimate of drug-likeness (QED) is 0.635. The molecule has 98 valence electrons. The molecule has 1 aliphatic rings. The van der Waals surface area contributed by atoms with Crippen LogP contribution < -0.4 is 5.73 Å². The maximum Gasteiger partial charge on any atom is 0.0949 e. The first-order valence-electron chi connectivity index (χ1n) is 6.68. The summed E-state index contributed by atoms with van der Waals surface area (Å²) in [7, 11) is 0. The highest BCUT2D eigenvalue weighted by Crippen LogP contribution is 2.19. The zero-order chi connectivity index (χ0) is 13.1. The van der Waals surface area contributed by atoms with E-state index in [1.165, 1.54) is 16.7 Å². The van der Waals surface area contributed by atoms with Crippen LogP contribution in [0, 0.1) is 25.2 Å². The molecule has 1 aromatic rings. The van der Waals surface area contributed by atoms with Crippen LogP contribution in [0.4, 0.5) is 0 Å².